The van der Waals surface area contributed by atoms with Crippen LogP contribution in [0.2, 0.25) is 0 Å². The quantitative estimate of drug-likeness (QED) is 0.382. The topological polar surface area (TPSA) is 171 Å². The molecular weight excluding hydrogens is 382 g/mol. The van der Waals surface area contributed by atoms with Crippen LogP contribution in [0.1, 0.15) is 22.7 Å². The van der Waals surface area contributed by atoms with Gasteiger partial charge in [-0.2, -0.15) is 10.5 Å². The van der Waals surface area contributed by atoms with E-state index in [9.17, 15) is 5.26 Å². The van der Waals surface area contributed by atoms with Gasteiger partial charge < -0.3 is 21.5 Å². The summed E-state index contributed by atoms with van der Waals surface area (Å²) in [5.74, 6) is 1.51. The number of pyridine rings is 2. The van der Waals surface area contributed by atoms with Crippen molar-refractivity contribution in [2.45, 2.75) is 6.04 Å². The number of aromatic nitrogens is 2. The molecule has 30 heavy (non-hydrogen) atoms. The number of nitrogens with zero attached hydrogens (tertiary/aromatic N) is 5. The van der Waals surface area contributed by atoms with Crippen molar-refractivity contribution in [3.05, 3.63) is 65.5 Å². The van der Waals surface area contributed by atoms with Crippen molar-refractivity contribution in [2.75, 3.05) is 16.8 Å². The molecule has 1 aliphatic rings. The van der Waals surface area contributed by atoms with Crippen molar-refractivity contribution in [3.63, 3.8) is 0 Å². The molecular formula is C20H15N9O. The van der Waals surface area contributed by atoms with Crippen LogP contribution in [0, 0.1) is 22.8 Å². The zero-order valence-corrected chi connectivity index (χ0v) is 15.5. The van der Waals surface area contributed by atoms with Crippen molar-refractivity contribution in [3.8, 4) is 23.8 Å². The monoisotopic (exact) mass is 397 g/mol. The number of rotatable bonds is 3. The fourth-order valence-corrected chi connectivity index (χ4v) is 3.14. The molecule has 1 aliphatic heterocycles. The number of nitriles is 2. The molecule has 0 fully saturated rings. The van der Waals surface area contributed by atoms with Gasteiger partial charge in [-0.3, -0.25) is 10.3 Å². The van der Waals surface area contributed by atoms with Gasteiger partial charge >= 0.3 is 0 Å². The highest BCUT2D eigenvalue weighted by Crippen LogP contribution is 2.43. The summed E-state index contributed by atoms with van der Waals surface area (Å²) in [5.41, 5.74) is 13.5. The highest BCUT2D eigenvalue weighted by atomic mass is 16.5. The van der Waals surface area contributed by atoms with E-state index in [-0.39, 0.29) is 23.0 Å². The molecule has 4 rings (SSSR count). The molecule has 6 N–H and O–H groups in total. The Labute approximate surface area is 171 Å². The molecule has 10 nitrogen and oxygen atoms in total. The zero-order valence-electron chi connectivity index (χ0n) is 15.5. The second kappa shape index (κ2) is 7.66. The predicted molar refractivity (Wildman–Crippen MR) is 110 cm³/mol. The number of anilines is 3. The number of nitrogen functional groups attached to an aromatic ring is 2. The smallest absolute Gasteiger partial charge is 0.211 e. The van der Waals surface area contributed by atoms with Crippen LogP contribution < -0.4 is 26.8 Å². The Morgan fingerprint density at radius 1 is 1.13 bits per heavy atom. The van der Waals surface area contributed by atoms with Crippen LogP contribution in [-0.2, 0) is 0 Å². The molecule has 10 heteroatoms. The molecule has 0 bridgehead atoms. The average Bonchev–Trinajstić information content (AvgIpc) is 2.75. The standard InChI is InChI=1S/C20H15N9O/c21-8-13-16(23)15-17(27-20(26-10-22)29-19(15)28-18(13)24)12-5-1-2-6-14(12)30-11-4-3-7-25-9-11/h1-7,9,17H,(H6,23,24,26,27,28,29). The number of hydrogen-bond acceptors (Lipinski definition) is 10. The first kappa shape index (κ1) is 18.5. The number of ether oxygens (including phenoxy) is 1. The number of nitrogens with two attached hydrogens (primary N) is 2. The largest absolute Gasteiger partial charge is 0.455 e. The van der Waals surface area contributed by atoms with Gasteiger partial charge in [0.25, 0.3) is 0 Å². The van der Waals surface area contributed by atoms with E-state index in [2.05, 4.69) is 25.6 Å². The van der Waals surface area contributed by atoms with Gasteiger partial charge in [-0.25, -0.2) is 9.98 Å². The third-order valence-electron chi connectivity index (χ3n) is 4.43. The third kappa shape index (κ3) is 3.25. The lowest BCUT2D eigenvalue weighted by molar-refractivity contribution is 0.471. The van der Waals surface area contributed by atoms with Gasteiger partial charge in [0, 0.05) is 17.3 Å². The summed E-state index contributed by atoms with van der Waals surface area (Å²) in [6, 6.07) is 12.1. The minimum atomic E-state index is -0.704. The Hall–Kier alpha value is -4.83. The summed E-state index contributed by atoms with van der Waals surface area (Å²) in [7, 11) is 0. The average molecular weight is 397 g/mol. The molecule has 146 valence electrons. The minimum Gasteiger partial charge on any atom is -0.455 e. The van der Waals surface area contributed by atoms with Crippen LogP contribution in [0.25, 0.3) is 0 Å². The summed E-state index contributed by atoms with van der Waals surface area (Å²) in [4.78, 5) is 12.9. The maximum Gasteiger partial charge on any atom is 0.211 e. The lowest BCUT2D eigenvalue weighted by Gasteiger charge is -2.27. The van der Waals surface area contributed by atoms with E-state index in [1.54, 1.807) is 30.6 Å². The van der Waals surface area contributed by atoms with E-state index in [4.69, 9.17) is 21.5 Å². The van der Waals surface area contributed by atoms with E-state index >= 15 is 0 Å². The van der Waals surface area contributed by atoms with Crippen LogP contribution in [0.4, 0.5) is 17.3 Å². The van der Waals surface area contributed by atoms with E-state index in [1.807, 2.05) is 30.5 Å². The van der Waals surface area contributed by atoms with Gasteiger partial charge in [0.05, 0.1) is 11.9 Å². The van der Waals surface area contributed by atoms with Crippen molar-refractivity contribution < 1.29 is 4.74 Å². The molecule has 0 amide bonds. The number of aliphatic imine (C=N–C) groups is 1. The normalized spacial score (nSPS) is 14.3. The predicted octanol–water partition coefficient (Wildman–Crippen LogP) is 2.25. The van der Waals surface area contributed by atoms with Crippen LogP contribution in [0.5, 0.6) is 11.5 Å². The zero-order chi connectivity index (χ0) is 21.1. The van der Waals surface area contributed by atoms with Gasteiger partial charge in [0.1, 0.15) is 40.8 Å². The fourth-order valence-electron chi connectivity index (χ4n) is 3.14. The van der Waals surface area contributed by atoms with Gasteiger partial charge in [-0.05, 0) is 18.2 Å². The first-order chi connectivity index (χ1) is 14.6. The maximum atomic E-state index is 9.45. The summed E-state index contributed by atoms with van der Waals surface area (Å²) in [6.45, 7) is 0. The number of hydrogen-bond donors (Lipinski definition) is 4. The van der Waals surface area contributed by atoms with Crippen molar-refractivity contribution in [2.24, 2.45) is 4.99 Å². The molecule has 0 radical (unpaired) electrons. The Kier molecular flexibility index (Phi) is 4.73. The number of fused-ring (bicyclic) bond motifs is 1. The fraction of sp³-hybridized carbons (Fsp3) is 0.0500. The minimum absolute atomic E-state index is 0.0156. The lowest BCUT2D eigenvalue weighted by Crippen LogP contribution is -2.32. The second-order valence-corrected chi connectivity index (χ2v) is 6.23. The van der Waals surface area contributed by atoms with Crippen molar-refractivity contribution in [1.29, 1.82) is 10.5 Å². The van der Waals surface area contributed by atoms with Crippen LogP contribution >= 0.6 is 0 Å². The molecule has 0 aliphatic carbocycles. The first-order valence-corrected chi connectivity index (χ1v) is 8.78. The summed E-state index contributed by atoms with van der Waals surface area (Å²) >= 11 is 0. The molecule has 2 aromatic heterocycles. The van der Waals surface area contributed by atoms with E-state index in [0.29, 0.717) is 28.4 Å². The number of guanidine groups is 1. The lowest BCUT2D eigenvalue weighted by atomic mass is 9.94. The molecule has 3 aromatic rings. The number of benzene rings is 1. The van der Waals surface area contributed by atoms with Crippen molar-refractivity contribution >= 4 is 23.3 Å². The maximum absolute atomic E-state index is 9.45. The summed E-state index contributed by atoms with van der Waals surface area (Å²) in [5, 5.41) is 23.8. The van der Waals surface area contributed by atoms with E-state index in [0.717, 1.165) is 0 Å². The highest BCUT2D eigenvalue weighted by Gasteiger charge is 2.31. The Balaban J connectivity index is 1.89. The van der Waals surface area contributed by atoms with E-state index < -0.39 is 6.04 Å². The summed E-state index contributed by atoms with van der Waals surface area (Å²) < 4.78 is 6.00. The summed E-state index contributed by atoms with van der Waals surface area (Å²) in [6.07, 6.45) is 5.05. The molecule has 0 saturated heterocycles. The SMILES string of the molecule is N#CNC1=NC(c2ccccc2Oc2cccnc2)c2c(nc(N)c(C#N)c2N)N1. The Morgan fingerprint density at radius 2 is 1.97 bits per heavy atom. The molecule has 1 unspecified atom stereocenters. The second-order valence-electron chi connectivity index (χ2n) is 6.23. The van der Waals surface area contributed by atoms with Crippen molar-refractivity contribution in [1.82, 2.24) is 15.3 Å². The molecule has 0 saturated carbocycles. The Morgan fingerprint density at radius 3 is 2.70 bits per heavy atom. The molecule has 3 heterocycles. The molecule has 1 atom stereocenters. The number of para-hydroxylation sites is 1. The number of nitrogens with one attached hydrogen (secondary N) is 2. The molecule has 1 aromatic carbocycles. The van der Waals surface area contributed by atoms with Crippen LogP contribution in [0.3, 0.4) is 0 Å². The highest BCUT2D eigenvalue weighted by molar-refractivity contribution is 5.98. The van der Waals surface area contributed by atoms with Gasteiger partial charge in [-0.1, -0.05) is 18.2 Å². The third-order valence-corrected chi connectivity index (χ3v) is 4.43. The van der Waals surface area contributed by atoms with Gasteiger partial charge in [0.2, 0.25) is 5.96 Å². The van der Waals surface area contributed by atoms with Crippen LogP contribution in [-0.4, -0.2) is 15.9 Å². The first-order valence-electron chi connectivity index (χ1n) is 8.78. The van der Waals surface area contributed by atoms with Crippen LogP contribution in [0.15, 0.2) is 53.8 Å². The van der Waals surface area contributed by atoms with Gasteiger partial charge in [0.15, 0.2) is 6.19 Å². The van der Waals surface area contributed by atoms with E-state index in [1.165, 1.54) is 0 Å². The van der Waals surface area contributed by atoms with Gasteiger partial charge in [-0.15, -0.1) is 0 Å². The Bertz CT molecular complexity index is 1230. The molecule has 0 spiro atoms.